The fourth-order valence-corrected chi connectivity index (χ4v) is 2.98. The Labute approximate surface area is 193 Å². The first kappa shape index (κ1) is 24.2. The minimum Gasteiger partial charge on any atom is -0.497 e. The van der Waals surface area contributed by atoms with Crippen molar-refractivity contribution in [1.29, 1.82) is 0 Å². The smallest absolute Gasteiger partial charge is 0.316 e. The van der Waals surface area contributed by atoms with Gasteiger partial charge in [0.15, 0.2) is 12.4 Å². The summed E-state index contributed by atoms with van der Waals surface area (Å²) in [6.45, 7) is 3.18. The second-order valence-corrected chi connectivity index (χ2v) is 7.02. The van der Waals surface area contributed by atoms with Crippen molar-refractivity contribution in [1.82, 2.24) is 30.6 Å². The molecule has 180 valence electrons. The van der Waals surface area contributed by atoms with Gasteiger partial charge in [0.05, 0.1) is 12.0 Å². The second-order valence-electron chi connectivity index (χ2n) is 7.02. The number of hydrogen-bond donors (Lipinski definition) is 2. The first-order valence-corrected chi connectivity index (χ1v) is 10.1. The van der Waals surface area contributed by atoms with Crippen LogP contribution in [0.2, 0.25) is 0 Å². The van der Waals surface area contributed by atoms with Crippen LogP contribution in [-0.4, -0.2) is 63.5 Å². The normalized spacial score (nSPS) is 10.6. The maximum Gasteiger partial charge on any atom is 0.316 e. The summed E-state index contributed by atoms with van der Waals surface area (Å²) in [5, 5.41) is 24.1. The third-order valence-electron chi connectivity index (χ3n) is 4.64. The Hall–Kier alpha value is -4.49. The Kier molecular flexibility index (Phi) is 7.74. The lowest BCUT2D eigenvalue weighted by Gasteiger charge is -2.08. The fourth-order valence-electron chi connectivity index (χ4n) is 2.98. The van der Waals surface area contributed by atoms with Crippen molar-refractivity contribution in [2.45, 2.75) is 20.4 Å². The molecule has 0 atom stereocenters. The van der Waals surface area contributed by atoms with Crippen molar-refractivity contribution in [3.8, 4) is 11.5 Å². The molecular formula is C20H23N7O7. The van der Waals surface area contributed by atoms with Crippen LogP contribution in [0.25, 0.3) is 0 Å². The van der Waals surface area contributed by atoms with E-state index in [4.69, 9.17) is 14.0 Å². The number of benzene rings is 1. The molecule has 0 unspecified atom stereocenters. The Bertz CT molecular complexity index is 1170. The molecule has 2 aromatic heterocycles. The van der Waals surface area contributed by atoms with Gasteiger partial charge in [-0.1, -0.05) is 5.16 Å². The minimum absolute atomic E-state index is 0.00153. The topological polar surface area (TPSA) is 177 Å². The van der Waals surface area contributed by atoms with E-state index >= 15 is 0 Å². The number of aromatic nitrogens is 4. The summed E-state index contributed by atoms with van der Waals surface area (Å²) in [7, 11) is 1.55. The number of nitrogens with one attached hydrogen (secondary N) is 2. The molecule has 0 spiro atoms. The number of ether oxygens (including phenoxy) is 2. The lowest BCUT2D eigenvalue weighted by atomic mass is 10.3. The van der Waals surface area contributed by atoms with Crippen molar-refractivity contribution >= 4 is 17.5 Å². The van der Waals surface area contributed by atoms with Crippen molar-refractivity contribution in [3.05, 3.63) is 57.5 Å². The SMILES string of the molecule is COc1ccc(OCC(=O)NCCNC(=O)c2nc(Cn3nc(C)c([N+](=O)[O-])c3C)no2)cc1. The molecule has 2 amide bonds. The van der Waals surface area contributed by atoms with E-state index < -0.39 is 10.8 Å². The zero-order chi connectivity index (χ0) is 24.7. The molecule has 0 bridgehead atoms. The molecule has 2 heterocycles. The highest BCUT2D eigenvalue weighted by atomic mass is 16.6. The van der Waals surface area contributed by atoms with E-state index in [-0.39, 0.29) is 55.2 Å². The Morgan fingerprint density at radius 3 is 2.47 bits per heavy atom. The number of nitro groups is 1. The van der Waals surface area contributed by atoms with Gasteiger partial charge in [-0.05, 0) is 38.1 Å². The highest BCUT2D eigenvalue weighted by Crippen LogP contribution is 2.22. The fraction of sp³-hybridized carbons (Fsp3) is 0.350. The number of carbonyl (C=O) groups excluding carboxylic acids is 2. The van der Waals surface area contributed by atoms with E-state index in [2.05, 4.69) is 25.9 Å². The van der Waals surface area contributed by atoms with Gasteiger partial charge in [0.1, 0.15) is 29.4 Å². The summed E-state index contributed by atoms with van der Waals surface area (Å²) in [5.41, 5.74) is 0.517. The molecule has 1 aromatic carbocycles. The summed E-state index contributed by atoms with van der Waals surface area (Å²) >= 11 is 0. The number of aryl methyl sites for hydroxylation is 1. The number of rotatable bonds is 11. The molecular weight excluding hydrogens is 450 g/mol. The Morgan fingerprint density at radius 2 is 1.82 bits per heavy atom. The number of hydrogen-bond acceptors (Lipinski definition) is 10. The maximum atomic E-state index is 12.2. The largest absolute Gasteiger partial charge is 0.497 e. The molecule has 14 heteroatoms. The highest BCUT2D eigenvalue weighted by Gasteiger charge is 2.23. The summed E-state index contributed by atoms with van der Waals surface area (Å²) in [6.07, 6.45) is 0. The van der Waals surface area contributed by atoms with Gasteiger partial charge in [0.2, 0.25) is 0 Å². The number of methoxy groups -OCH3 is 1. The summed E-state index contributed by atoms with van der Waals surface area (Å²) in [4.78, 5) is 38.6. The van der Waals surface area contributed by atoms with Crippen molar-refractivity contribution < 1.29 is 28.5 Å². The lowest BCUT2D eigenvalue weighted by molar-refractivity contribution is -0.386. The van der Waals surface area contributed by atoms with Crippen LogP contribution in [0.4, 0.5) is 5.69 Å². The number of amides is 2. The summed E-state index contributed by atoms with van der Waals surface area (Å²) in [5.74, 6) is 0.0729. The molecule has 0 aliphatic rings. The van der Waals surface area contributed by atoms with Crippen LogP contribution in [0.15, 0.2) is 28.8 Å². The molecule has 14 nitrogen and oxygen atoms in total. The lowest BCUT2D eigenvalue weighted by Crippen LogP contribution is -2.36. The molecule has 0 radical (unpaired) electrons. The Morgan fingerprint density at radius 1 is 1.15 bits per heavy atom. The predicted molar refractivity (Wildman–Crippen MR) is 116 cm³/mol. The standard InChI is InChI=1S/C20H23N7O7/c1-12-18(27(30)31)13(2)26(24-12)10-16-23-20(34-25-16)19(29)22-9-8-21-17(28)11-33-15-6-4-14(32-3)5-7-15/h4-7H,8-11H2,1-3H3,(H,21,28)(H,22,29). The monoisotopic (exact) mass is 473 g/mol. The maximum absolute atomic E-state index is 12.2. The van der Waals surface area contributed by atoms with Crippen LogP contribution < -0.4 is 20.1 Å². The average Bonchev–Trinajstić information content (AvgIpc) is 3.39. The van der Waals surface area contributed by atoms with Gasteiger partial charge in [-0.2, -0.15) is 10.1 Å². The summed E-state index contributed by atoms with van der Waals surface area (Å²) < 4.78 is 16.7. The first-order chi connectivity index (χ1) is 16.3. The van der Waals surface area contributed by atoms with Crippen LogP contribution >= 0.6 is 0 Å². The van der Waals surface area contributed by atoms with E-state index in [1.54, 1.807) is 38.3 Å². The Balaban J connectivity index is 1.40. The van der Waals surface area contributed by atoms with Crippen LogP contribution in [-0.2, 0) is 11.3 Å². The van der Waals surface area contributed by atoms with Crippen molar-refractivity contribution in [3.63, 3.8) is 0 Å². The van der Waals surface area contributed by atoms with Crippen LogP contribution in [0, 0.1) is 24.0 Å². The third-order valence-corrected chi connectivity index (χ3v) is 4.64. The second kappa shape index (κ2) is 10.9. The third kappa shape index (κ3) is 6.05. The molecule has 3 rings (SSSR count). The van der Waals surface area contributed by atoms with Gasteiger partial charge >= 0.3 is 17.5 Å². The van der Waals surface area contributed by atoms with Gasteiger partial charge < -0.3 is 24.6 Å². The van der Waals surface area contributed by atoms with Gasteiger partial charge in [-0.3, -0.25) is 24.4 Å². The van der Waals surface area contributed by atoms with Crippen LogP contribution in [0.5, 0.6) is 11.5 Å². The number of carbonyl (C=O) groups is 2. The van der Waals surface area contributed by atoms with E-state index in [0.717, 1.165) is 0 Å². The average molecular weight is 473 g/mol. The molecule has 34 heavy (non-hydrogen) atoms. The molecule has 0 fully saturated rings. The zero-order valence-electron chi connectivity index (χ0n) is 18.7. The summed E-state index contributed by atoms with van der Waals surface area (Å²) in [6, 6.07) is 6.79. The van der Waals surface area contributed by atoms with E-state index in [1.165, 1.54) is 11.6 Å². The highest BCUT2D eigenvalue weighted by molar-refractivity contribution is 5.89. The molecule has 0 saturated carbocycles. The van der Waals surface area contributed by atoms with Gasteiger partial charge in [-0.25, -0.2) is 0 Å². The molecule has 2 N–H and O–H groups in total. The van der Waals surface area contributed by atoms with Crippen molar-refractivity contribution in [2.75, 3.05) is 26.8 Å². The predicted octanol–water partition coefficient (Wildman–Crippen LogP) is 0.773. The van der Waals surface area contributed by atoms with E-state index in [9.17, 15) is 19.7 Å². The van der Waals surface area contributed by atoms with Gasteiger partial charge in [-0.15, -0.1) is 0 Å². The van der Waals surface area contributed by atoms with E-state index in [1.807, 2.05) is 0 Å². The molecule has 0 aliphatic heterocycles. The van der Waals surface area contributed by atoms with Crippen LogP contribution in [0.3, 0.4) is 0 Å². The van der Waals surface area contributed by atoms with Gasteiger partial charge in [0, 0.05) is 13.1 Å². The van der Waals surface area contributed by atoms with Crippen molar-refractivity contribution in [2.24, 2.45) is 0 Å². The number of nitrogens with zero attached hydrogens (tertiary/aromatic N) is 5. The quantitative estimate of drug-likeness (QED) is 0.230. The molecule has 0 aliphatic carbocycles. The molecule has 0 saturated heterocycles. The van der Waals surface area contributed by atoms with Gasteiger partial charge in [0.25, 0.3) is 5.91 Å². The minimum atomic E-state index is -0.623. The van der Waals surface area contributed by atoms with Crippen LogP contribution in [0.1, 0.15) is 27.9 Å². The molecule has 3 aromatic rings. The van der Waals surface area contributed by atoms with E-state index in [0.29, 0.717) is 17.2 Å². The zero-order valence-corrected chi connectivity index (χ0v) is 18.7. The first-order valence-electron chi connectivity index (χ1n) is 10.1.